The van der Waals surface area contributed by atoms with E-state index in [-0.39, 0.29) is 12.5 Å². The SMILES string of the molecule is C[C@H]1CCCN(C(=O)COc2ccc(-c3nc4ccccc4s3)cc2)C1. The van der Waals surface area contributed by atoms with Crippen LogP contribution in [0.2, 0.25) is 0 Å². The van der Waals surface area contributed by atoms with Crippen LogP contribution >= 0.6 is 11.3 Å². The maximum absolute atomic E-state index is 12.3. The molecule has 0 aliphatic carbocycles. The van der Waals surface area contributed by atoms with Gasteiger partial charge in [0.2, 0.25) is 0 Å². The smallest absolute Gasteiger partial charge is 0.260 e. The summed E-state index contributed by atoms with van der Waals surface area (Å²) in [6.07, 6.45) is 2.29. The van der Waals surface area contributed by atoms with E-state index in [9.17, 15) is 4.79 Å². The van der Waals surface area contributed by atoms with Gasteiger partial charge in [0, 0.05) is 18.7 Å². The lowest BCUT2D eigenvalue weighted by molar-refractivity contribution is -0.135. The first kappa shape index (κ1) is 17.0. The van der Waals surface area contributed by atoms with Crippen LogP contribution in [0.25, 0.3) is 20.8 Å². The predicted molar refractivity (Wildman–Crippen MR) is 106 cm³/mol. The third-order valence-corrected chi connectivity index (χ3v) is 5.85. The van der Waals surface area contributed by atoms with E-state index in [4.69, 9.17) is 4.74 Å². The molecule has 0 saturated carbocycles. The Morgan fingerprint density at radius 2 is 2.04 bits per heavy atom. The summed E-state index contributed by atoms with van der Waals surface area (Å²) < 4.78 is 6.88. The molecule has 134 valence electrons. The Balaban J connectivity index is 1.39. The number of hydrogen-bond acceptors (Lipinski definition) is 4. The van der Waals surface area contributed by atoms with Gasteiger partial charge in [0.1, 0.15) is 10.8 Å². The van der Waals surface area contributed by atoms with Gasteiger partial charge in [0.05, 0.1) is 10.2 Å². The number of likely N-dealkylation sites (tertiary alicyclic amines) is 1. The highest BCUT2D eigenvalue weighted by Crippen LogP contribution is 2.30. The number of benzene rings is 2. The molecule has 26 heavy (non-hydrogen) atoms. The fourth-order valence-electron chi connectivity index (χ4n) is 3.34. The number of carbonyl (C=O) groups is 1. The van der Waals surface area contributed by atoms with E-state index in [0.29, 0.717) is 11.7 Å². The van der Waals surface area contributed by atoms with Gasteiger partial charge in [0.25, 0.3) is 5.91 Å². The fourth-order valence-corrected chi connectivity index (χ4v) is 4.31. The second kappa shape index (κ2) is 7.46. The Morgan fingerprint density at radius 3 is 2.81 bits per heavy atom. The van der Waals surface area contributed by atoms with Crippen LogP contribution < -0.4 is 4.74 Å². The molecular formula is C21H22N2O2S. The second-order valence-corrected chi connectivity index (χ2v) is 7.92. The molecule has 5 heteroatoms. The lowest BCUT2D eigenvalue weighted by atomic mass is 10.0. The molecule has 2 heterocycles. The van der Waals surface area contributed by atoms with Crippen LogP contribution in [0.5, 0.6) is 5.75 Å². The van der Waals surface area contributed by atoms with Crippen molar-refractivity contribution in [2.75, 3.05) is 19.7 Å². The minimum Gasteiger partial charge on any atom is -0.484 e. The maximum Gasteiger partial charge on any atom is 0.260 e. The average molecular weight is 366 g/mol. The molecule has 1 aliphatic rings. The minimum absolute atomic E-state index is 0.0757. The Labute approximate surface area is 157 Å². The highest BCUT2D eigenvalue weighted by atomic mass is 32.1. The van der Waals surface area contributed by atoms with Crippen molar-refractivity contribution in [3.05, 3.63) is 48.5 Å². The number of nitrogens with zero attached hydrogens (tertiary/aromatic N) is 2. The lowest BCUT2D eigenvalue weighted by Crippen LogP contribution is -2.41. The molecule has 1 fully saturated rings. The summed E-state index contributed by atoms with van der Waals surface area (Å²) in [5.41, 5.74) is 2.09. The molecule has 4 rings (SSSR count). The van der Waals surface area contributed by atoms with Crippen molar-refractivity contribution in [2.45, 2.75) is 19.8 Å². The number of piperidine rings is 1. The van der Waals surface area contributed by atoms with E-state index in [1.165, 1.54) is 11.1 Å². The molecule has 0 bridgehead atoms. The molecule has 2 aromatic carbocycles. The van der Waals surface area contributed by atoms with Crippen molar-refractivity contribution < 1.29 is 9.53 Å². The summed E-state index contributed by atoms with van der Waals surface area (Å²) in [5, 5.41) is 0.996. The van der Waals surface area contributed by atoms with Crippen molar-refractivity contribution in [1.29, 1.82) is 0 Å². The van der Waals surface area contributed by atoms with Crippen LogP contribution in [0.4, 0.5) is 0 Å². The van der Waals surface area contributed by atoms with Crippen molar-refractivity contribution >= 4 is 27.5 Å². The molecule has 1 atom stereocenters. The van der Waals surface area contributed by atoms with Gasteiger partial charge in [-0.15, -0.1) is 11.3 Å². The summed E-state index contributed by atoms with van der Waals surface area (Å²) in [4.78, 5) is 18.9. The summed E-state index contributed by atoms with van der Waals surface area (Å²) >= 11 is 1.68. The summed E-state index contributed by atoms with van der Waals surface area (Å²) in [6.45, 7) is 4.00. The zero-order valence-electron chi connectivity index (χ0n) is 14.9. The number of para-hydroxylation sites is 1. The summed E-state index contributed by atoms with van der Waals surface area (Å²) in [5.74, 6) is 1.38. The predicted octanol–water partition coefficient (Wildman–Crippen LogP) is 4.60. The van der Waals surface area contributed by atoms with Crippen LogP contribution in [0.3, 0.4) is 0 Å². The summed E-state index contributed by atoms with van der Waals surface area (Å²) in [6, 6.07) is 16.0. The number of hydrogen-bond donors (Lipinski definition) is 0. The van der Waals surface area contributed by atoms with E-state index in [2.05, 4.69) is 18.0 Å². The zero-order valence-corrected chi connectivity index (χ0v) is 15.7. The van der Waals surface area contributed by atoms with E-state index < -0.39 is 0 Å². The molecule has 0 N–H and O–H groups in total. The van der Waals surface area contributed by atoms with Crippen molar-refractivity contribution in [3.63, 3.8) is 0 Å². The first-order valence-corrected chi connectivity index (χ1v) is 9.87. The number of carbonyl (C=O) groups excluding carboxylic acids is 1. The highest BCUT2D eigenvalue weighted by molar-refractivity contribution is 7.21. The van der Waals surface area contributed by atoms with E-state index in [1.54, 1.807) is 11.3 Å². The van der Waals surface area contributed by atoms with Crippen LogP contribution in [0.1, 0.15) is 19.8 Å². The molecule has 1 saturated heterocycles. The molecule has 1 amide bonds. The van der Waals surface area contributed by atoms with Gasteiger partial charge in [-0.3, -0.25) is 4.79 Å². The van der Waals surface area contributed by atoms with E-state index in [0.717, 1.165) is 35.6 Å². The molecule has 3 aromatic rings. The number of rotatable bonds is 4. The maximum atomic E-state index is 12.3. The fraction of sp³-hybridized carbons (Fsp3) is 0.333. The largest absolute Gasteiger partial charge is 0.484 e. The van der Waals surface area contributed by atoms with Crippen LogP contribution in [-0.4, -0.2) is 35.5 Å². The van der Waals surface area contributed by atoms with E-state index in [1.807, 2.05) is 47.4 Å². The van der Waals surface area contributed by atoms with Gasteiger partial charge in [-0.05, 0) is 55.2 Å². The number of amides is 1. The molecule has 0 unspecified atom stereocenters. The third-order valence-electron chi connectivity index (χ3n) is 4.77. The van der Waals surface area contributed by atoms with Gasteiger partial charge < -0.3 is 9.64 Å². The highest BCUT2D eigenvalue weighted by Gasteiger charge is 2.21. The first-order valence-electron chi connectivity index (χ1n) is 9.05. The standard InChI is InChI=1S/C21H22N2O2S/c1-15-5-4-12-23(13-15)20(24)14-25-17-10-8-16(9-11-17)21-22-18-6-2-3-7-19(18)26-21/h2-3,6-11,15H,4-5,12-14H2,1H3/t15-/m0/s1. The van der Waals surface area contributed by atoms with Gasteiger partial charge in [-0.1, -0.05) is 19.1 Å². The van der Waals surface area contributed by atoms with Crippen LogP contribution in [-0.2, 0) is 4.79 Å². The third kappa shape index (κ3) is 3.73. The Bertz CT molecular complexity index is 871. The minimum atomic E-state index is 0.0757. The van der Waals surface area contributed by atoms with Crippen LogP contribution in [0, 0.1) is 5.92 Å². The Hall–Kier alpha value is -2.40. The quantitative estimate of drug-likeness (QED) is 0.678. The van der Waals surface area contributed by atoms with Crippen molar-refractivity contribution in [3.8, 4) is 16.3 Å². The number of fused-ring (bicyclic) bond motifs is 1. The Kier molecular flexibility index (Phi) is 4.89. The normalized spacial score (nSPS) is 17.4. The van der Waals surface area contributed by atoms with Crippen LogP contribution in [0.15, 0.2) is 48.5 Å². The molecule has 0 radical (unpaired) electrons. The number of ether oxygens (including phenoxy) is 1. The zero-order chi connectivity index (χ0) is 17.9. The summed E-state index contributed by atoms with van der Waals surface area (Å²) in [7, 11) is 0. The van der Waals surface area contributed by atoms with Gasteiger partial charge >= 0.3 is 0 Å². The molecule has 1 aromatic heterocycles. The van der Waals surface area contributed by atoms with E-state index >= 15 is 0 Å². The van der Waals surface area contributed by atoms with Gasteiger partial charge in [0.15, 0.2) is 6.61 Å². The van der Waals surface area contributed by atoms with Gasteiger partial charge in [-0.2, -0.15) is 0 Å². The average Bonchev–Trinajstić information content (AvgIpc) is 3.11. The monoisotopic (exact) mass is 366 g/mol. The van der Waals surface area contributed by atoms with Crippen molar-refractivity contribution in [1.82, 2.24) is 9.88 Å². The van der Waals surface area contributed by atoms with Crippen molar-refractivity contribution in [2.24, 2.45) is 5.92 Å². The number of thiazole rings is 1. The molecule has 1 aliphatic heterocycles. The molecular weight excluding hydrogens is 344 g/mol. The molecule has 4 nitrogen and oxygen atoms in total. The lowest BCUT2D eigenvalue weighted by Gasteiger charge is -2.30. The second-order valence-electron chi connectivity index (χ2n) is 6.89. The molecule has 0 spiro atoms. The first-order chi connectivity index (χ1) is 12.7. The van der Waals surface area contributed by atoms with Gasteiger partial charge in [-0.25, -0.2) is 4.98 Å². The number of aromatic nitrogens is 1. The topological polar surface area (TPSA) is 42.4 Å². The Morgan fingerprint density at radius 1 is 1.23 bits per heavy atom.